The van der Waals surface area contributed by atoms with Crippen LogP contribution in [0.25, 0.3) is 0 Å². The van der Waals surface area contributed by atoms with E-state index < -0.39 is 10.9 Å². The molecule has 6 heteroatoms. The molecule has 0 amide bonds. The molecule has 6 nitrogen and oxygen atoms in total. The first kappa shape index (κ1) is 23.3. The zero-order valence-corrected chi connectivity index (χ0v) is 19.3. The molecule has 4 rings (SSSR count). The second-order valence-electron chi connectivity index (χ2n) is 8.07. The maximum Gasteiger partial charge on any atom is 0.272 e. The van der Waals surface area contributed by atoms with Crippen molar-refractivity contribution >= 4 is 11.4 Å². The first-order chi connectivity index (χ1) is 16.6. The summed E-state index contributed by atoms with van der Waals surface area (Å²) in [5.74, 6) is 0.871. The molecular formula is C28H28N2O4. The molecule has 2 N–H and O–H groups in total. The van der Waals surface area contributed by atoms with Crippen LogP contribution in [0.4, 0.5) is 11.4 Å². The van der Waals surface area contributed by atoms with Crippen molar-refractivity contribution in [2.75, 3.05) is 26.1 Å². The Hall–Kier alpha value is -3.90. The standard InChI is InChI=1S/C28H28N2O4/c1-33-23-15-13-20(14-16-23)24(29-17-7-10-19-8-4-3-5-9-19)21-11-6-12-22(18-21)30-25-26(31)27(32)28(25)34-2/h3-6,8-9,11-16,18,24,29-30H,7,10,17H2,1-2H3. The fraction of sp³-hybridized carbons (Fsp3) is 0.214. The Kier molecular flexibility index (Phi) is 7.40. The number of anilines is 2. The Balaban J connectivity index is 1.54. The van der Waals surface area contributed by atoms with Crippen molar-refractivity contribution < 1.29 is 9.47 Å². The summed E-state index contributed by atoms with van der Waals surface area (Å²) in [6.07, 6.45) is 1.99. The van der Waals surface area contributed by atoms with Crippen LogP contribution in [-0.4, -0.2) is 20.8 Å². The summed E-state index contributed by atoms with van der Waals surface area (Å²) >= 11 is 0. The third-order valence-corrected chi connectivity index (χ3v) is 5.84. The number of benzene rings is 3. The summed E-state index contributed by atoms with van der Waals surface area (Å²) in [6, 6.07) is 26.2. The molecule has 0 aliphatic heterocycles. The van der Waals surface area contributed by atoms with Crippen LogP contribution in [-0.2, 0) is 6.42 Å². The molecule has 0 radical (unpaired) electrons. The number of ether oxygens (including phenoxy) is 2. The normalized spacial score (nSPS) is 11.8. The smallest absolute Gasteiger partial charge is 0.272 e. The van der Waals surface area contributed by atoms with Crippen LogP contribution in [0.15, 0.2) is 88.5 Å². The third kappa shape index (κ3) is 5.18. The molecule has 0 bridgehead atoms. The molecule has 0 saturated carbocycles. The average Bonchev–Trinajstić information content (AvgIpc) is 2.89. The topological polar surface area (TPSA) is 76.7 Å². The van der Waals surface area contributed by atoms with Crippen molar-refractivity contribution in [1.29, 1.82) is 0 Å². The van der Waals surface area contributed by atoms with Crippen LogP contribution in [0.2, 0.25) is 0 Å². The van der Waals surface area contributed by atoms with Gasteiger partial charge in [0.25, 0.3) is 10.9 Å². The highest BCUT2D eigenvalue weighted by Crippen LogP contribution is 2.28. The van der Waals surface area contributed by atoms with Crippen molar-refractivity contribution in [3.05, 3.63) is 116 Å². The summed E-state index contributed by atoms with van der Waals surface area (Å²) in [5.41, 5.74) is 3.20. The predicted octanol–water partition coefficient (Wildman–Crippen LogP) is 4.36. The van der Waals surface area contributed by atoms with Gasteiger partial charge in [0, 0.05) is 5.69 Å². The van der Waals surface area contributed by atoms with E-state index in [1.54, 1.807) is 7.11 Å². The first-order valence-electron chi connectivity index (χ1n) is 11.3. The maximum atomic E-state index is 12.0. The van der Waals surface area contributed by atoms with Crippen molar-refractivity contribution in [2.24, 2.45) is 0 Å². The zero-order valence-electron chi connectivity index (χ0n) is 19.3. The molecule has 0 saturated heterocycles. The van der Waals surface area contributed by atoms with E-state index in [-0.39, 0.29) is 17.5 Å². The molecule has 0 aliphatic rings. The molecule has 0 fully saturated rings. The molecular weight excluding hydrogens is 428 g/mol. The monoisotopic (exact) mass is 456 g/mol. The number of nitrogens with one attached hydrogen (secondary N) is 2. The van der Waals surface area contributed by atoms with E-state index in [0.717, 1.165) is 36.3 Å². The van der Waals surface area contributed by atoms with Crippen LogP contribution in [0.1, 0.15) is 29.2 Å². The summed E-state index contributed by atoms with van der Waals surface area (Å²) in [6.45, 7) is 0.829. The summed E-state index contributed by atoms with van der Waals surface area (Å²) < 4.78 is 10.4. The Morgan fingerprint density at radius 2 is 1.56 bits per heavy atom. The molecule has 0 aliphatic carbocycles. The van der Waals surface area contributed by atoms with E-state index in [4.69, 9.17) is 9.47 Å². The molecule has 4 aromatic carbocycles. The van der Waals surface area contributed by atoms with Crippen LogP contribution in [0, 0.1) is 0 Å². The lowest BCUT2D eigenvalue weighted by atomic mass is 9.97. The quantitative estimate of drug-likeness (QED) is 0.258. The second kappa shape index (κ2) is 10.8. The molecule has 0 heterocycles. The van der Waals surface area contributed by atoms with E-state index in [9.17, 15) is 9.59 Å². The van der Waals surface area contributed by atoms with Gasteiger partial charge in [-0.1, -0.05) is 54.6 Å². The van der Waals surface area contributed by atoms with Crippen molar-refractivity contribution in [3.8, 4) is 11.5 Å². The first-order valence-corrected chi connectivity index (χ1v) is 11.3. The van der Waals surface area contributed by atoms with Gasteiger partial charge in [0.05, 0.1) is 20.3 Å². The highest BCUT2D eigenvalue weighted by Gasteiger charge is 2.22. The minimum atomic E-state index is -0.600. The van der Waals surface area contributed by atoms with E-state index in [1.807, 2.05) is 54.6 Å². The van der Waals surface area contributed by atoms with Gasteiger partial charge in [0.1, 0.15) is 11.4 Å². The van der Waals surface area contributed by atoms with Gasteiger partial charge >= 0.3 is 0 Å². The number of hydrogen-bond acceptors (Lipinski definition) is 6. The summed E-state index contributed by atoms with van der Waals surface area (Å²) in [4.78, 5) is 23.6. The molecule has 1 unspecified atom stereocenters. The molecule has 0 spiro atoms. The third-order valence-electron chi connectivity index (χ3n) is 5.84. The van der Waals surface area contributed by atoms with E-state index in [2.05, 4.69) is 34.9 Å². The van der Waals surface area contributed by atoms with E-state index >= 15 is 0 Å². The Morgan fingerprint density at radius 1 is 0.794 bits per heavy atom. The van der Waals surface area contributed by atoms with Gasteiger partial charge in [-0.25, -0.2) is 0 Å². The van der Waals surface area contributed by atoms with Crippen LogP contribution >= 0.6 is 0 Å². The molecule has 0 aromatic heterocycles. The molecule has 34 heavy (non-hydrogen) atoms. The lowest BCUT2D eigenvalue weighted by Crippen LogP contribution is -2.34. The van der Waals surface area contributed by atoms with Gasteiger partial charge in [-0.05, 0) is 60.3 Å². The SMILES string of the molecule is COc1ccc(C(NCCCc2ccccc2)c2cccc(Nc3c(OC)c(=O)c3=O)c2)cc1. The number of rotatable bonds is 11. The van der Waals surface area contributed by atoms with Crippen LogP contribution in [0.5, 0.6) is 11.5 Å². The van der Waals surface area contributed by atoms with Crippen LogP contribution in [0.3, 0.4) is 0 Å². The highest BCUT2D eigenvalue weighted by atomic mass is 16.5. The van der Waals surface area contributed by atoms with Gasteiger partial charge in [-0.15, -0.1) is 0 Å². The fourth-order valence-electron chi connectivity index (χ4n) is 4.03. The summed E-state index contributed by atoms with van der Waals surface area (Å²) in [5, 5.41) is 6.73. The molecule has 1 atom stereocenters. The van der Waals surface area contributed by atoms with Crippen LogP contribution < -0.4 is 31.0 Å². The van der Waals surface area contributed by atoms with E-state index in [1.165, 1.54) is 12.7 Å². The zero-order chi connectivity index (χ0) is 23.9. The van der Waals surface area contributed by atoms with Crippen molar-refractivity contribution in [2.45, 2.75) is 18.9 Å². The Labute approximate surface area is 198 Å². The maximum absolute atomic E-state index is 12.0. The van der Waals surface area contributed by atoms with Gasteiger partial charge < -0.3 is 20.1 Å². The van der Waals surface area contributed by atoms with Gasteiger partial charge in [-0.3, -0.25) is 9.59 Å². The molecule has 174 valence electrons. The number of methoxy groups -OCH3 is 2. The lowest BCUT2D eigenvalue weighted by Gasteiger charge is -2.21. The van der Waals surface area contributed by atoms with Gasteiger partial charge in [0.2, 0.25) is 0 Å². The predicted molar refractivity (Wildman–Crippen MR) is 135 cm³/mol. The fourth-order valence-corrected chi connectivity index (χ4v) is 4.03. The van der Waals surface area contributed by atoms with Crippen molar-refractivity contribution in [3.63, 3.8) is 0 Å². The summed E-state index contributed by atoms with van der Waals surface area (Å²) in [7, 11) is 3.04. The van der Waals surface area contributed by atoms with Gasteiger partial charge in [0.15, 0.2) is 5.75 Å². The Morgan fingerprint density at radius 3 is 2.26 bits per heavy atom. The Bertz CT molecular complexity index is 1290. The minimum Gasteiger partial charge on any atom is -0.497 e. The average molecular weight is 457 g/mol. The number of aryl methyl sites for hydroxylation is 1. The number of hydrogen-bond donors (Lipinski definition) is 2. The second-order valence-corrected chi connectivity index (χ2v) is 8.07. The largest absolute Gasteiger partial charge is 0.497 e. The minimum absolute atomic E-state index is 0.0574. The van der Waals surface area contributed by atoms with Gasteiger partial charge in [-0.2, -0.15) is 0 Å². The lowest BCUT2D eigenvalue weighted by molar-refractivity contribution is 0.408. The highest BCUT2D eigenvalue weighted by molar-refractivity contribution is 5.70. The van der Waals surface area contributed by atoms with E-state index in [0.29, 0.717) is 5.69 Å². The van der Waals surface area contributed by atoms with Crippen molar-refractivity contribution in [1.82, 2.24) is 5.32 Å². The molecule has 4 aromatic rings.